The summed E-state index contributed by atoms with van der Waals surface area (Å²) < 4.78 is 7.32. The van der Waals surface area contributed by atoms with Gasteiger partial charge in [-0.25, -0.2) is 9.97 Å². The maximum Gasteiger partial charge on any atom is 0.156 e. The highest BCUT2D eigenvalue weighted by atomic mass is 35.5. The van der Waals surface area contributed by atoms with Crippen LogP contribution < -0.4 is 5.32 Å². The Kier molecular flexibility index (Phi) is 6.43. The van der Waals surface area contributed by atoms with E-state index in [9.17, 15) is 5.11 Å². The van der Waals surface area contributed by atoms with E-state index in [1.54, 1.807) is 30.9 Å². The molecular formula is C32H27ClN4O2. The first kappa shape index (κ1) is 24.9. The minimum atomic E-state index is -1.47. The Hall–Kier alpha value is -4.39. The van der Waals surface area contributed by atoms with Gasteiger partial charge in [-0.1, -0.05) is 59.6 Å². The molecule has 3 aromatic carbocycles. The van der Waals surface area contributed by atoms with E-state index in [1.807, 2.05) is 54.1 Å². The lowest BCUT2D eigenvalue weighted by Crippen LogP contribution is -2.31. The van der Waals surface area contributed by atoms with Crippen molar-refractivity contribution in [1.29, 1.82) is 0 Å². The van der Waals surface area contributed by atoms with Crippen LogP contribution in [0.3, 0.4) is 0 Å². The van der Waals surface area contributed by atoms with E-state index in [0.717, 1.165) is 39.2 Å². The lowest BCUT2D eigenvalue weighted by atomic mass is 9.82. The van der Waals surface area contributed by atoms with Crippen molar-refractivity contribution in [3.8, 4) is 11.1 Å². The number of nitrogens with one attached hydrogen (secondary N) is 1. The SMILES string of the molecule is Cc1cccc(-c2cc(NCc3ccco3)nc3ccc(C(O)(c4ccc(Cl)cc4)c4cncn4C)cc23)c1. The molecule has 6 rings (SSSR count). The first-order chi connectivity index (χ1) is 18.9. The van der Waals surface area contributed by atoms with E-state index >= 15 is 0 Å². The molecule has 39 heavy (non-hydrogen) atoms. The van der Waals surface area contributed by atoms with Gasteiger partial charge in [0, 0.05) is 17.5 Å². The van der Waals surface area contributed by atoms with Gasteiger partial charge in [-0.2, -0.15) is 0 Å². The summed E-state index contributed by atoms with van der Waals surface area (Å²) in [5.74, 6) is 1.57. The average Bonchev–Trinajstić information content (AvgIpc) is 3.63. The number of fused-ring (bicyclic) bond motifs is 1. The van der Waals surface area contributed by atoms with Gasteiger partial charge < -0.3 is 19.4 Å². The van der Waals surface area contributed by atoms with Gasteiger partial charge in [0.15, 0.2) is 5.60 Å². The Morgan fingerprint density at radius 2 is 1.79 bits per heavy atom. The highest BCUT2D eigenvalue weighted by molar-refractivity contribution is 6.30. The molecule has 6 aromatic rings. The maximum atomic E-state index is 12.4. The Morgan fingerprint density at radius 1 is 0.974 bits per heavy atom. The van der Waals surface area contributed by atoms with Crippen molar-refractivity contribution in [2.75, 3.05) is 5.32 Å². The van der Waals surface area contributed by atoms with Crippen molar-refractivity contribution >= 4 is 28.3 Å². The third-order valence-corrected chi connectivity index (χ3v) is 7.28. The van der Waals surface area contributed by atoms with Crippen molar-refractivity contribution in [3.63, 3.8) is 0 Å². The number of imidazole rings is 1. The summed E-state index contributed by atoms with van der Waals surface area (Å²) in [5, 5.41) is 17.4. The van der Waals surface area contributed by atoms with Gasteiger partial charge in [0.25, 0.3) is 0 Å². The maximum absolute atomic E-state index is 12.4. The van der Waals surface area contributed by atoms with Gasteiger partial charge in [-0.3, -0.25) is 0 Å². The molecule has 1 atom stereocenters. The molecule has 0 spiro atoms. The Balaban J connectivity index is 1.55. The molecule has 0 saturated carbocycles. The number of nitrogens with zero attached hydrogens (tertiary/aromatic N) is 3. The zero-order chi connectivity index (χ0) is 27.0. The zero-order valence-electron chi connectivity index (χ0n) is 21.6. The van der Waals surface area contributed by atoms with Crippen LogP contribution in [0.2, 0.25) is 5.02 Å². The van der Waals surface area contributed by atoms with Gasteiger partial charge in [-0.15, -0.1) is 0 Å². The minimum Gasteiger partial charge on any atom is -0.467 e. The fraction of sp³-hybridized carbons (Fsp3) is 0.125. The van der Waals surface area contributed by atoms with E-state index in [2.05, 4.69) is 47.6 Å². The van der Waals surface area contributed by atoms with Crippen molar-refractivity contribution in [2.45, 2.75) is 19.1 Å². The van der Waals surface area contributed by atoms with Gasteiger partial charge in [-0.05, 0) is 71.6 Å². The average molecular weight is 535 g/mol. The van der Waals surface area contributed by atoms with Crippen LogP contribution in [0, 0.1) is 6.92 Å². The number of aromatic nitrogens is 3. The van der Waals surface area contributed by atoms with E-state index in [1.165, 1.54) is 0 Å². The fourth-order valence-corrected chi connectivity index (χ4v) is 5.17. The number of hydrogen-bond acceptors (Lipinski definition) is 5. The molecule has 0 aliphatic carbocycles. The van der Waals surface area contributed by atoms with Crippen LogP contribution in [-0.4, -0.2) is 19.6 Å². The summed E-state index contributed by atoms with van der Waals surface area (Å²) in [4.78, 5) is 9.20. The van der Waals surface area contributed by atoms with E-state index in [4.69, 9.17) is 21.0 Å². The molecule has 0 fully saturated rings. The standard InChI is InChI=1S/C32H27ClN4O2/c1-21-5-3-6-22(15-21)27-17-31(35-18-26-7-4-14-39-26)36-29-13-10-24(16-28(27)29)32(38,30-19-34-20-37(30)2)23-8-11-25(33)12-9-23/h3-17,19-20,38H,18H2,1-2H3,(H,35,36). The second-order valence-corrected chi connectivity index (χ2v) is 10.1. The van der Waals surface area contributed by atoms with Crippen LogP contribution in [-0.2, 0) is 19.2 Å². The van der Waals surface area contributed by atoms with Crippen molar-refractivity contribution < 1.29 is 9.52 Å². The van der Waals surface area contributed by atoms with Crippen LogP contribution in [0.15, 0.2) is 108 Å². The van der Waals surface area contributed by atoms with Crippen LogP contribution in [0.5, 0.6) is 0 Å². The third kappa shape index (κ3) is 4.69. The van der Waals surface area contributed by atoms with Crippen LogP contribution in [0.1, 0.15) is 28.1 Å². The monoisotopic (exact) mass is 534 g/mol. The van der Waals surface area contributed by atoms with Gasteiger partial charge in [0.05, 0.1) is 36.5 Å². The number of aliphatic hydroxyl groups is 1. The molecule has 0 saturated heterocycles. The molecule has 0 amide bonds. The smallest absolute Gasteiger partial charge is 0.156 e. The lowest BCUT2D eigenvalue weighted by Gasteiger charge is -2.30. The minimum absolute atomic E-state index is 0.521. The molecule has 0 radical (unpaired) electrons. The molecule has 2 N–H and O–H groups in total. The number of furan rings is 1. The van der Waals surface area contributed by atoms with E-state index in [-0.39, 0.29) is 0 Å². The first-order valence-electron chi connectivity index (χ1n) is 12.7. The molecule has 1 unspecified atom stereocenters. The number of pyridine rings is 1. The summed E-state index contributed by atoms with van der Waals surface area (Å²) in [6.45, 7) is 2.60. The van der Waals surface area contributed by atoms with Crippen molar-refractivity contribution in [1.82, 2.24) is 14.5 Å². The summed E-state index contributed by atoms with van der Waals surface area (Å²) in [6.07, 6.45) is 5.04. The third-order valence-electron chi connectivity index (χ3n) is 7.03. The highest BCUT2D eigenvalue weighted by Crippen LogP contribution is 2.40. The molecule has 7 heteroatoms. The summed E-state index contributed by atoms with van der Waals surface area (Å²) in [6, 6.07) is 27.4. The highest BCUT2D eigenvalue weighted by Gasteiger charge is 2.37. The lowest BCUT2D eigenvalue weighted by molar-refractivity contribution is 0.117. The number of hydrogen-bond donors (Lipinski definition) is 2. The number of rotatable bonds is 7. The Bertz CT molecular complexity index is 1760. The predicted octanol–water partition coefficient (Wildman–Crippen LogP) is 7.09. The summed E-state index contributed by atoms with van der Waals surface area (Å²) in [7, 11) is 1.88. The largest absolute Gasteiger partial charge is 0.467 e. The Morgan fingerprint density at radius 3 is 2.51 bits per heavy atom. The number of anilines is 1. The second kappa shape index (κ2) is 10.1. The van der Waals surface area contributed by atoms with E-state index < -0.39 is 5.60 Å². The molecule has 194 valence electrons. The molecule has 0 bridgehead atoms. The van der Waals surface area contributed by atoms with Crippen molar-refractivity contribution in [2.24, 2.45) is 7.05 Å². The second-order valence-electron chi connectivity index (χ2n) is 9.70. The molecule has 0 aliphatic heterocycles. The number of benzene rings is 3. The van der Waals surface area contributed by atoms with E-state index in [0.29, 0.717) is 28.4 Å². The van der Waals surface area contributed by atoms with Crippen LogP contribution in [0.25, 0.3) is 22.0 Å². The van der Waals surface area contributed by atoms with Crippen LogP contribution in [0.4, 0.5) is 5.82 Å². The van der Waals surface area contributed by atoms with Crippen molar-refractivity contribution in [3.05, 3.63) is 137 Å². The summed E-state index contributed by atoms with van der Waals surface area (Å²) in [5.41, 5.74) is 4.61. The van der Waals surface area contributed by atoms with Gasteiger partial charge in [0.1, 0.15) is 11.6 Å². The molecule has 3 aromatic heterocycles. The topological polar surface area (TPSA) is 76.1 Å². The fourth-order valence-electron chi connectivity index (χ4n) is 5.04. The zero-order valence-corrected chi connectivity index (χ0v) is 22.4. The molecule has 3 heterocycles. The molecular weight excluding hydrogens is 508 g/mol. The van der Waals surface area contributed by atoms with Crippen LogP contribution >= 0.6 is 11.6 Å². The molecule has 0 aliphatic rings. The van der Waals surface area contributed by atoms with Gasteiger partial charge >= 0.3 is 0 Å². The summed E-state index contributed by atoms with van der Waals surface area (Å²) >= 11 is 6.20. The van der Waals surface area contributed by atoms with Gasteiger partial charge in [0.2, 0.25) is 0 Å². The Labute approximate surface area is 231 Å². The predicted molar refractivity (Wildman–Crippen MR) is 155 cm³/mol. The normalized spacial score (nSPS) is 12.9. The number of aryl methyl sites for hydroxylation is 2. The molecule has 6 nitrogen and oxygen atoms in total. The number of halogens is 1. The first-order valence-corrected chi connectivity index (χ1v) is 13.0. The quantitative estimate of drug-likeness (QED) is 0.229.